The topological polar surface area (TPSA) is 122 Å². The minimum absolute atomic E-state index is 0.114. The zero-order chi connectivity index (χ0) is 35.5. The van der Waals surface area contributed by atoms with Crippen molar-refractivity contribution >= 4 is 39.4 Å². The van der Waals surface area contributed by atoms with Crippen LogP contribution in [0.25, 0.3) is 32.8 Å². The number of anilines is 1. The number of piperazine rings is 1. The van der Waals surface area contributed by atoms with E-state index in [2.05, 4.69) is 22.0 Å². The lowest BCUT2D eigenvalue weighted by Crippen LogP contribution is -2.48. The summed E-state index contributed by atoms with van der Waals surface area (Å²) in [6.45, 7) is 7.33. The van der Waals surface area contributed by atoms with Crippen LogP contribution in [-0.4, -0.2) is 69.6 Å². The van der Waals surface area contributed by atoms with Crippen molar-refractivity contribution in [3.05, 3.63) is 102 Å². The number of fused-ring (bicyclic) bond motifs is 2. The lowest BCUT2D eigenvalue weighted by molar-refractivity contribution is -0.129. The predicted octanol–water partition coefficient (Wildman–Crippen LogP) is 7.35. The lowest BCUT2D eigenvalue weighted by atomic mass is 9.99. The Morgan fingerprint density at radius 2 is 1.61 bits per heavy atom. The summed E-state index contributed by atoms with van der Waals surface area (Å²) in [5, 5.41) is 17.4. The number of nitrogens with zero attached hydrogens (tertiary/aromatic N) is 4. The van der Waals surface area contributed by atoms with Gasteiger partial charge in [-0.3, -0.25) is 9.48 Å². The second-order valence-electron chi connectivity index (χ2n) is 12.8. The Hall–Kier alpha value is -5.97. The Morgan fingerprint density at radius 3 is 2.37 bits per heavy atom. The van der Waals surface area contributed by atoms with Crippen LogP contribution in [0.15, 0.2) is 84.9 Å². The molecular formula is C40H41N5O6. The van der Waals surface area contributed by atoms with Gasteiger partial charge >= 0.3 is 6.16 Å². The van der Waals surface area contributed by atoms with Gasteiger partial charge in [0.05, 0.1) is 12.1 Å². The van der Waals surface area contributed by atoms with Gasteiger partial charge in [0.25, 0.3) is 0 Å². The number of aryl methyl sites for hydroxylation is 2. The van der Waals surface area contributed by atoms with Crippen LogP contribution in [-0.2, 0) is 24.9 Å². The lowest BCUT2D eigenvalue weighted by Gasteiger charge is -2.35. The molecule has 0 aliphatic carbocycles. The fraction of sp³-hybridized carbons (Fsp3) is 0.275. The Balaban J connectivity index is 1.09. The van der Waals surface area contributed by atoms with Crippen molar-refractivity contribution < 1.29 is 28.9 Å². The van der Waals surface area contributed by atoms with Gasteiger partial charge in [0.2, 0.25) is 11.8 Å². The molecule has 0 bridgehead atoms. The predicted molar refractivity (Wildman–Crippen MR) is 197 cm³/mol. The number of aromatic amines is 1. The van der Waals surface area contributed by atoms with E-state index in [4.69, 9.17) is 19.3 Å². The molecule has 1 fully saturated rings. The fourth-order valence-corrected chi connectivity index (χ4v) is 6.95. The third kappa shape index (κ3) is 7.05. The number of carboxylic acid groups (broad SMARTS) is 1. The molecule has 0 atom stereocenters. The molecule has 2 N–H and O–H groups in total. The van der Waals surface area contributed by atoms with Gasteiger partial charge in [-0.25, -0.2) is 4.79 Å². The summed E-state index contributed by atoms with van der Waals surface area (Å²) in [5.41, 5.74) is 6.13. The maximum Gasteiger partial charge on any atom is 0.512 e. The van der Waals surface area contributed by atoms with Crippen LogP contribution < -0.4 is 19.1 Å². The number of H-pyrrole nitrogens is 1. The summed E-state index contributed by atoms with van der Waals surface area (Å²) in [5.74, 6) is 1.86. The SMILES string of the molecule is CC(=O)N1CCN(c2ccc(OCc3nn(C)c(C)c3-c3cccc4c(CCCOc5cccc6ccccc56)c(OC(=O)O)[nH]c34)cc2)CC1. The van der Waals surface area contributed by atoms with Gasteiger partial charge in [-0.15, -0.1) is 0 Å². The average Bonchev–Trinajstić information content (AvgIpc) is 3.63. The molecule has 3 heterocycles. The smallest absolute Gasteiger partial charge is 0.493 e. The molecule has 1 aliphatic heterocycles. The van der Waals surface area contributed by atoms with E-state index >= 15 is 0 Å². The van der Waals surface area contributed by atoms with Crippen LogP contribution >= 0.6 is 0 Å². The van der Waals surface area contributed by atoms with Gasteiger partial charge in [0.1, 0.15) is 23.8 Å². The largest absolute Gasteiger partial charge is 0.512 e. The summed E-state index contributed by atoms with van der Waals surface area (Å²) in [6, 6.07) is 28.1. The molecule has 0 unspecified atom stereocenters. The maximum absolute atomic E-state index is 11.8. The number of amides is 1. The van der Waals surface area contributed by atoms with E-state index in [1.807, 2.05) is 96.3 Å². The van der Waals surface area contributed by atoms with Crippen LogP contribution in [0, 0.1) is 6.92 Å². The number of carbonyl (C=O) groups is 2. The molecular weight excluding hydrogens is 646 g/mol. The molecule has 6 aromatic rings. The van der Waals surface area contributed by atoms with Crippen molar-refractivity contribution in [2.24, 2.45) is 7.05 Å². The Labute approximate surface area is 295 Å². The van der Waals surface area contributed by atoms with Crippen molar-refractivity contribution in [2.45, 2.75) is 33.3 Å². The van der Waals surface area contributed by atoms with Crippen LogP contribution in [0.1, 0.15) is 30.3 Å². The number of carbonyl (C=O) groups excluding carboxylic acids is 1. The highest BCUT2D eigenvalue weighted by molar-refractivity contribution is 5.99. The molecule has 1 amide bonds. The number of aromatic nitrogens is 3. The highest BCUT2D eigenvalue weighted by Crippen LogP contribution is 2.38. The number of benzene rings is 4. The molecule has 2 aromatic heterocycles. The first kappa shape index (κ1) is 33.5. The van der Waals surface area contributed by atoms with E-state index in [9.17, 15) is 14.7 Å². The summed E-state index contributed by atoms with van der Waals surface area (Å²) >= 11 is 0. The standard InChI is InChI=1S/C40H41N5O6/c1-26-37(35(42-43(26)3)25-50-30-18-16-29(17-19-30)45-22-20-44(21-23-45)27(2)46)34-13-7-12-32-33(39(41-38(32)34)51-40(47)48)14-8-24-49-36-15-6-10-28-9-4-5-11-31(28)36/h4-7,9-13,15-19,41H,8,14,20-25H2,1-3H3,(H,47,48). The molecule has 1 saturated heterocycles. The van der Waals surface area contributed by atoms with Gasteiger partial charge in [-0.1, -0.05) is 54.6 Å². The van der Waals surface area contributed by atoms with Crippen molar-refractivity contribution in [1.29, 1.82) is 0 Å². The summed E-state index contributed by atoms with van der Waals surface area (Å²) < 4.78 is 19.6. The molecule has 4 aromatic carbocycles. The van der Waals surface area contributed by atoms with E-state index in [0.29, 0.717) is 32.5 Å². The first-order chi connectivity index (χ1) is 24.8. The highest BCUT2D eigenvalue weighted by Gasteiger charge is 2.23. The molecule has 7 rings (SSSR count). The van der Waals surface area contributed by atoms with E-state index in [0.717, 1.165) is 80.0 Å². The van der Waals surface area contributed by atoms with Crippen molar-refractivity contribution in [3.8, 4) is 28.5 Å². The van der Waals surface area contributed by atoms with E-state index in [-0.39, 0.29) is 18.4 Å². The zero-order valence-electron chi connectivity index (χ0n) is 29.0. The second kappa shape index (κ2) is 14.5. The Kier molecular flexibility index (Phi) is 9.52. The van der Waals surface area contributed by atoms with Gasteiger partial charge in [-0.05, 0) is 55.5 Å². The molecule has 51 heavy (non-hydrogen) atoms. The van der Waals surface area contributed by atoms with Crippen molar-refractivity contribution in [3.63, 3.8) is 0 Å². The van der Waals surface area contributed by atoms with E-state index in [1.54, 1.807) is 6.92 Å². The Bertz CT molecular complexity index is 2190. The van der Waals surface area contributed by atoms with Gasteiger partial charge in [0, 0.05) is 79.0 Å². The normalized spacial score (nSPS) is 13.2. The number of hydrogen-bond acceptors (Lipinski definition) is 7. The first-order valence-corrected chi connectivity index (χ1v) is 17.2. The number of nitrogens with one attached hydrogen (secondary N) is 1. The molecule has 262 valence electrons. The Morgan fingerprint density at radius 1 is 0.882 bits per heavy atom. The van der Waals surface area contributed by atoms with Crippen LogP contribution in [0.2, 0.25) is 0 Å². The minimum atomic E-state index is -1.38. The van der Waals surface area contributed by atoms with Crippen molar-refractivity contribution in [2.75, 3.05) is 37.7 Å². The van der Waals surface area contributed by atoms with Crippen LogP contribution in [0.4, 0.5) is 10.5 Å². The van der Waals surface area contributed by atoms with Crippen LogP contribution in [0.5, 0.6) is 17.4 Å². The third-order valence-corrected chi connectivity index (χ3v) is 9.65. The number of hydrogen-bond donors (Lipinski definition) is 2. The van der Waals surface area contributed by atoms with Crippen LogP contribution in [0.3, 0.4) is 0 Å². The van der Waals surface area contributed by atoms with Gasteiger partial charge in [-0.2, -0.15) is 5.10 Å². The van der Waals surface area contributed by atoms with E-state index < -0.39 is 6.16 Å². The van der Waals surface area contributed by atoms with E-state index in [1.165, 1.54) is 0 Å². The number of rotatable bonds is 11. The minimum Gasteiger partial charge on any atom is -0.493 e. The fourth-order valence-electron chi connectivity index (χ4n) is 6.95. The molecule has 0 spiro atoms. The molecule has 11 heteroatoms. The third-order valence-electron chi connectivity index (χ3n) is 9.65. The molecule has 11 nitrogen and oxygen atoms in total. The van der Waals surface area contributed by atoms with Crippen molar-refractivity contribution in [1.82, 2.24) is 19.7 Å². The first-order valence-electron chi connectivity index (χ1n) is 17.2. The zero-order valence-corrected chi connectivity index (χ0v) is 29.0. The monoisotopic (exact) mass is 687 g/mol. The molecule has 1 aliphatic rings. The summed E-state index contributed by atoms with van der Waals surface area (Å²) in [4.78, 5) is 30.9. The summed E-state index contributed by atoms with van der Waals surface area (Å²) in [7, 11) is 1.90. The molecule has 0 saturated carbocycles. The maximum atomic E-state index is 11.8. The average molecular weight is 688 g/mol. The number of para-hydroxylation sites is 1. The second-order valence-corrected chi connectivity index (χ2v) is 12.8. The quantitative estimate of drug-likeness (QED) is 0.107. The highest BCUT2D eigenvalue weighted by atomic mass is 16.7. The summed E-state index contributed by atoms with van der Waals surface area (Å²) in [6.07, 6.45) is -0.192. The number of ether oxygens (including phenoxy) is 3. The molecule has 0 radical (unpaired) electrons. The van der Waals surface area contributed by atoms with Gasteiger partial charge < -0.3 is 34.1 Å². The van der Waals surface area contributed by atoms with Gasteiger partial charge in [0.15, 0.2) is 0 Å².